The van der Waals surface area contributed by atoms with Gasteiger partial charge in [-0.05, 0) is 12.8 Å². The molecule has 4 nitrogen and oxygen atoms in total. The van der Waals surface area contributed by atoms with Crippen LogP contribution in [-0.4, -0.2) is 37.0 Å². The highest BCUT2D eigenvalue weighted by Crippen LogP contribution is 2.13. The van der Waals surface area contributed by atoms with E-state index in [-0.39, 0.29) is 12.6 Å². The fourth-order valence-electron chi connectivity index (χ4n) is 4.21. The highest BCUT2D eigenvalue weighted by Gasteiger charge is 2.13. The summed E-state index contributed by atoms with van der Waals surface area (Å²) in [4.78, 5) is 12.0. The van der Waals surface area contributed by atoms with Gasteiger partial charge in [0.25, 0.3) is 0 Å². The second-order valence-corrected chi connectivity index (χ2v) is 9.84. The van der Waals surface area contributed by atoms with Crippen LogP contribution in [0, 0.1) is 0 Å². The summed E-state index contributed by atoms with van der Waals surface area (Å²) >= 11 is 0. The van der Waals surface area contributed by atoms with Crippen molar-refractivity contribution in [2.75, 3.05) is 19.8 Å². The van der Waals surface area contributed by atoms with Crippen molar-refractivity contribution in [2.45, 2.75) is 161 Å². The maximum absolute atomic E-state index is 12.0. The summed E-state index contributed by atoms with van der Waals surface area (Å²) in [5, 5.41) is 9.45. The molecule has 1 unspecified atom stereocenters. The summed E-state index contributed by atoms with van der Waals surface area (Å²) < 4.78 is 11.0. The monoisotopic (exact) mass is 470 g/mol. The van der Waals surface area contributed by atoms with E-state index in [4.69, 9.17) is 9.47 Å². The Morgan fingerprint density at radius 1 is 0.606 bits per heavy atom. The van der Waals surface area contributed by atoms with E-state index in [0.29, 0.717) is 19.6 Å². The van der Waals surface area contributed by atoms with E-state index >= 15 is 0 Å². The summed E-state index contributed by atoms with van der Waals surface area (Å²) in [5.41, 5.74) is 0. The van der Waals surface area contributed by atoms with Gasteiger partial charge in [0.1, 0.15) is 6.10 Å². The quantitative estimate of drug-likeness (QED) is 0.0965. The predicted octanol–water partition coefficient (Wildman–Crippen LogP) is 8.53. The topological polar surface area (TPSA) is 55.8 Å². The van der Waals surface area contributed by atoms with Crippen molar-refractivity contribution in [2.24, 2.45) is 0 Å². The van der Waals surface area contributed by atoms with Gasteiger partial charge < -0.3 is 14.6 Å². The number of rotatable bonds is 27. The summed E-state index contributed by atoms with van der Waals surface area (Å²) in [6.07, 6.45) is 26.9. The van der Waals surface area contributed by atoms with Gasteiger partial charge in [-0.3, -0.25) is 4.79 Å². The standard InChI is InChI=1S/C29H58O4/c1-3-5-7-9-11-13-14-15-16-17-18-20-22-24-29(31)33-28(26-30)27-32-25-23-21-19-12-10-8-6-4-2/h28,30H,3-27H2,1-2H3. The van der Waals surface area contributed by atoms with E-state index in [2.05, 4.69) is 13.8 Å². The molecular weight excluding hydrogens is 412 g/mol. The molecule has 0 fully saturated rings. The first-order chi connectivity index (χ1) is 16.2. The summed E-state index contributed by atoms with van der Waals surface area (Å²) in [7, 11) is 0. The fourth-order valence-corrected chi connectivity index (χ4v) is 4.21. The molecule has 0 aromatic carbocycles. The van der Waals surface area contributed by atoms with E-state index in [1.807, 2.05) is 0 Å². The van der Waals surface area contributed by atoms with Gasteiger partial charge in [-0.1, -0.05) is 136 Å². The largest absolute Gasteiger partial charge is 0.457 e. The lowest BCUT2D eigenvalue weighted by Crippen LogP contribution is -2.27. The van der Waals surface area contributed by atoms with Gasteiger partial charge in [0.05, 0.1) is 13.2 Å². The van der Waals surface area contributed by atoms with E-state index in [0.717, 1.165) is 19.3 Å². The number of aliphatic hydroxyl groups is 1. The van der Waals surface area contributed by atoms with Gasteiger partial charge in [0.2, 0.25) is 0 Å². The Labute approximate surface area is 206 Å². The van der Waals surface area contributed by atoms with Gasteiger partial charge in [-0.2, -0.15) is 0 Å². The van der Waals surface area contributed by atoms with Gasteiger partial charge in [0.15, 0.2) is 0 Å². The second kappa shape index (κ2) is 27.6. The third-order valence-corrected chi connectivity index (χ3v) is 6.43. The minimum Gasteiger partial charge on any atom is -0.457 e. The molecule has 0 aromatic heterocycles. The maximum atomic E-state index is 12.0. The molecule has 0 rings (SSSR count). The van der Waals surface area contributed by atoms with Crippen LogP contribution in [-0.2, 0) is 14.3 Å². The molecule has 0 amide bonds. The van der Waals surface area contributed by atoms with Crippen molar-refractivity contribution in [3.63, 3.8) is 0 Å². The molecule has 33 heavy (non-hydrogen) atoms. The highest BCUT2D eigenvalue weighted by atomic mass is 16.6. The fraction of sp³-hybridized carbons (Fsp3) is 0.966. The zero-order valence-corrected chi connectivity index (χ0v) is 22.4. The molecule has 0 bridgehead atoms. The first-order valence-electron chi connectivity index (χ1n) is 14.6. The molecule has 0 heterocycles. The Balaban J connectivity index is 3.42. The number of hydrogen-bond acceptors (Lipinski definition) is 4. The van der Waals surface area contributed by atoms with Crippen molar-refractivity contribution >= 4 is 5.97 Å². The SMILES string of the molecule is CCCCCCCCCCCCCCCC(=O)OC(CO)COCCCCCCCCCC. The number of hydrogen-bond donors (Lipinski definition) is 1. The van der Waals surface area contributed by atoms with Crippen molar-refractivity contribution in [1.82, 2.24) is 0 Å². The molecule has 0 aliphatic heterocycles. The van der Waals surface area contributed by atoms with Crippen LogP contribution >= 0.6 is 0 Å². The molecule has 0 saturated carbocycles. The molecule has 1 N–H and O–H groups in total. The normalized spacial score (nSPS) is 12.2. The number of carbonyl (C=O) groups excluding carboxylic acids is 1. The van der Waals surface area contributed by atoms with Crippen molar-refractivity contribution in [3.8, 4) is 0 Å². The number of ether oxygens (including phenoxy) is 2. The van der Waals surface area contributed by atoms with Gasteiger partial charge >= 0.3 is 5.97 Å². The van der Waals surface area contributed by atoms with Gasteiger partial charge in [-0.25, -0.2) is 0 Å². The average molecular weight is 471 g/mol. The smallest absolute Gasteiger partial charge is 0.306 e. The van der Waals surface area contributed by atoms with Crippen LogP contribution in [0.3, 0.4) is 0 Å². The Kier molecular flexibility index (Phi) is 27.1. The zero-order chi connectivity index (χ0) is 24.2. The number of esters is 1. The Hall–Kier alpha value is -0.610. The van der Waals surface area contributed by atoms with Crippen molar-refractivity contribution in [3.05, 3.63) is 0 Å². The lowest BCUT2D eigenvalue weighted by atomic mass is 10.0. The molecular formula is C29H58O4. The summed E-state index contributed by atoms with van der Waals surface area (Å²) in [6, 6.07) is 0. The minimum absolute atomic E-state index is 0.165. The highest BCUT2D eigenvalue weighted by molar-refractivity contribution is 5.69. The molecule has 0 spiro atoms. The van der Waals surface area contributed by atoms with Crippen LogP contribution < -0.4 is 0 Å². The summed E-state index contributed by atoms with van der Waals surface area (Å²) in [5.74, 6) is -0.201. The van der Waals surface area contributed by atoms with E-state index in [1.54, 1.807) is 0 Å². The third-order valence-electron chi connectivity index (χ3n) is 6.43. The van der Waals surface area contributed by atoms with E-state index in [1.165, 1.54) is 116 Å². The molecule has 0 saturated heterocycles. The van der Waals surface area contributed by atoms with Crippen molar-refractivity contribution < 1.29 is 19.4 Å². The zero-order valence-electron chi connectivity index (χ0n) is 22.4. The molecule has 1 atom stereocenters. The van der Waals surface area contributed by atoms with Gasteiger partial charge in [-0.15, -0.1) is 0 Å². The van der Waals surface area contributed by atoms with Gasteiger partial charge in [0, 0.05) is 13.0 Å². The molecule has 198 valence electrons. The first kappa shape index (κ1) is 32.4. The number of unbranched alkanes of at least 4 members (excludes halogenated alkanes) is 19. The number of aliphatic hydroxyl groups excluding tert-OH is 1. The molecule has 0 radical (unpaired) electrons. The average Bonchev–Trinajstić information content (AvgIpc) is 2.82. The molecule has 4 heteroatoms. The first-order valence-corrected chi connectivity index (χ1v) is 14.6. The lowest BCUT2D eigenvalue weighted by molar-refractivity contribution is -0.154. The third kappa shape index (κ3) is 25.8. The molecule has 0 aromatic rings. The van der Waals surface area contributed by atoms with Crippen LogP contribution in [0.5, 0.6) is 0 Å². The summed E-state index contributed by atoms with van der Waals surface area (Å²) in [6.45, 7) is 5.33. The maximum Gasteiger partial charge on any atom is 0.306 e. The van der Waals surface area contributed by atoms with E-state index < -0.39 is 6.10 Å². The lowest BCUT2D eigenvalue weighted by Gasteiger charge is -2.16. The Morgan fingerprint density at radius 2 is 1.00 bits per heavy atom. The predicted molar refractivity (Wildman–Crippen MR) is 141 cm³/mol. The van der Waals surface area contributed by atoms with Crippen LogP contribution in [0.15, 0.2) is 0 Å². The van der Waals surface area contributed by atoms with Crippen molar-refractivity contribution in [1.29, 1.82) is 0 Å². The van der Waals surface area contributed by atoms with Crippen LogP contribution in [0.1, 0.15) is 155 Å². The number of carbonyl (C=O) groups is 1. The second-order valence-electron chi connectivity index (χ2n) is 9.84. The Morgan fingerprint density at radius 3 is 1.42 bits per heavy atom. The molecule has 0 aliphatic rings. The molecule has 0 aliphatic carbocycles. The van der Waals surface area contributed by atoms with Crippen LogP contribution in [0.2, 0.25) is 0 Å². The van der Waals surface area contributed by atoms with Crippen LogP contribution in [0.4, 0.5) is 0 Å². The Bertz CT molecular complexity index is 386. The minimum atomic E-state index is -0.520. The van der Waals surface area contributed by atoms with Crippen LogP contribution in [0.25, 0.3) is 0 Å². The van der Waals surface area contributed by atoms with E-state index in [9.17, 15) is 9.90 Å².